The molecule has 2 aromatic rings. The topological polar surface area (TPSA) is 80.4 Å². The molecule has 1 aliphatic carbocycles. The van der Waals surface area contributed by atoms with E-state index in [4.69, 9.17) is 0 Å². The highest BCUT2D eigenvalue weighted by Gasteiger charge is 2.55. The van der Waals surface area contributed by atoms with Crippen molar-refractivity contribution < 1.29 is 9.90 Å². The van der Waals surface area contributed by atoms with Crippen LogP contribution in [0.5, 0.6) is 0 Å². The number of carboxylic acid groups (broad SMARTS) is 1. The van der Waals surface area contributed by atoms with Crippen molar-refractivity contribution in [1.29, 1.82) is 0 Å². The van der Waals surface area contributed by atoms with E-state index in [0.717, 1.165) is 12.0 Å². The van der Waals surface area contributed by atoms with Gasteiger partial charge < -0.3 is 5.11 Å². The molecule has 3 rings (SSSR count). The summed E-state index contributed by atoms with van der Waals surface area (Å²) in [6, 6.07) is 0. The molecule has 1 fully saturated rings. The number of carboxylic acids is 1. The number of aryl methyl sites for hydroxylation is 1. The Morgan fingerprint density at radius 2 is 2.35 bits per heavy atom. The van der Waals surface area contributed by atoms with E-state index in [1.54, 1.807) is 10.7 Å². The van der Waals surface area contributed by atoms with Crippen LogP contribution in [0.3, 0.4) is 0 Å². The fourth-order valence-corrected chi connectivity index (χ4v) is 1.86. The fourth-order valence-electron chi connectivity index (χ4n) is 1.86. The lowest BCUT2D eigenvalue weighted by Gasteiger charge is -2.01. The second-order valence-corrected chi connectivity index (χ2v) is 4.38. The van der Waals surface area contributed by atoms with Gasteiger partial charge in [-0.05, 0) is 24.8 Å². The molecule has 1 saturated carbocycles. The lowest BCUT2D eigenvalue weighted by molar-refractivity contribution is -0.140. The first-order chi connectivity index (χ1) is 8.15. The quantitative estimate of drug-likeness (QED) is 0.846. The molecule has 0 aromatic carbocycles. The molecule has 88 valence electrons. The standard InChI is InChI=1S/C11H12N4O2/c1-2-7-5-12-10-13-8(14-15(10)6-7)11(3-4-11)9(16)17/h5-6H,2-4H2,1H3,(H,16,17). The van der Waals surface area contributed by atoms with E-state index in [2.05, 4.69) is 15.1 Å². The summed E-state index contributed by atoms with van der Waals surface area (Å²) in [5, 5.41) is 13.4. The molecule has 6 nitrogen and oxygen atoms in total. The monoisotopic (exact) mass is 232 g/mol. The second kappa shape index (κ2) is 3.26. The van der Waals surface area contributed by atoms with Gasteiger partial charge in [-0.1, -0.05) is 6.92 Å². The van der Waals surface area contributed by atoms with Crippen LogP contribution in [0.15, 0.2) is 12.4 Å². The summed E-state index contributed by atoms with van der Waals surface area (Å²) in [6.07, 6.45) is 5.67. The van der Waals surface area contributed by atoms with Crippen molar-refractivity contribution in [2.45, 2.75) is 31.6 Å². The second-order valence-electron chi connectivity index (χ2n) is 4.38. The van der Waals surface area contributed by atoms with Gasteiger partial charge in [0.25, 0.3) is 5.78 Å². The maximum Gasteiger partial charge on any atom is 0.317 e. The van der Waals surface area contributed by atoms with Crippen LogP contribution < -0.4 is 0 Å². The summed E-state index contributed by atoms with van der Waals surface area (Å²) in [5.74, 6) is -0.000371. The summed E-state index contributed by atoms with van der Waals surface area (Å²) in [4.78, 5) is 19.5. The third-order valence-electron chi connectivity index (χ3n) is 3.24. The molecule has 1 aliphatic rings. The Labute approximate surface area is 97.3 Å². The normalized spacial score (nSPS) is 17.2. The zero-order chi connectivity index (χ0) is 12.0. The van der Waals surface area contributed by atoms with Crippen LogP contribution in [0.2, 0.25) is 0 Å². The van der Waals surface area contributed by atoms with Gasteiger partial charge in [0.05, 0.1) is 0 Å². The van der Waals surface area contributed by atoms with Crippen molar-refractivity contribution in [1.82, 2.24) is 19.6 Å². The van der Waals surface area contributed by atoms with Gasteiger partial charge in [-0.15, -0.1) is 5.10 Å². The summed E-state index contributed by atoms with van der Waals surface area (Å²) in [6.45, 7) is 2.03. The summed E-state index contributed by atoms with van der Waals surface area (Å²) in [5.41, 5.74) is 0.189. The minimum Gasteiger partial charge on any atom is -0.480 e. The third kappa shape index (κ3) is 1.40. The van der Waals surface area contributed by atoms with Crippen molar-refractivity contribution in [3.8, 4) is 0 Å². The molecular formula is C11H12N4O2. The summed E-state index contributed by atoms with van der Waals surface area (Å²) < 4.78 is 1.57. The summed E-state index contributed by atoms with van der Waals surface area (Å²) >= 11 is 0. The molecule has 2 heterocycles. The van der Waals surface area contributed by atoms with Gasteiger partial charge in [-0.25, -0.2) is 9.50 Å². The van der Waals surface area contributed by atoms with Crippen molar-refractivity contribution in [3.63, 3.8) is 0 Å². The molecule has 0 unspecified atom stereocenters. The lowest BCUT2D eigenvalue weighted by atomic mass is 10.1. The Bertz CT molecular complexity index is 601. The van der Waals surface area contributed by atoms with E-state index >= 15 is 0 Å². The minimum absolute atomic E-state index is 0.380. The Hall–Kier alpha value is -1.98. The van der Waals surface area contributed by atoms with Gasteiger partial charge in [-0.3, -0.25) is 4.79 Å². The van der Waals surface area contributed by atoms with Crippen LogP contribution in [0.4, 0.5) is 0 Å². The molecule has 0 saturated heterocycles. The number of hydrogen-bond acceptors (Lipinski definition) is 4. The number of aliphatic carboxylic acids is 1. The first kappa shape index (κ1) is 10.2. The predicted molar refractivity (Wildman–Crippen MR) is 58.7 cm³/mol. The van der Waals surface area contributed by atoms with Gasteiger partial charge >= 0.3 is 5.97 Å². The van der Waals surface area contributed by atoms with E-state index in [9.17, 15) is 9.90 Å². The van der Waals surface area contributed by atoms with Gasteiger partial charge in [0, 0.05) is 12.4 Å². The lowest BCUT2D eigenvalue weighted by Crippen LogP contribution is -2.21. The molecule has 6 heteroatoms. The molecule has 1 N–H and O–H groups in total. The number of carbonyl (C=O) groups is 1. The van der Waals surface area contributed by atoms with Crippen LogP contribution in [0.1, 0.15) is 31.2 Å². The van der Waals surface area contributed by atoms with Gasteiger partial charge in [-0.2, -0.15) is 4.98 Å². The third-order valence-corrected chi connectivity index (χ3v) is 3.24. The number of hydrogen-bond donors (Lipinski definition) is 1. The number of rotatable bonds is 3. The molecule has 0 aliphatic heterocycles. The van der Waals surface area contributed by atoms with Crippen molar-refractivity contribution in [2.24, 2.45) is 0 Å². The molecule has 0 amide bonds. The first-order valence-electron chi connectivity index (χ1n) is 5.61. The molecule has 0 atom stereocenters. The molecule has 0 bridgehead atoms. The van der Waals surface area contributed by atoms with Crippen LogP contribution in [-0.4, -0.2) is 30.7 Å². The first-order valence-corrected chi connectivity index (χ1v) is 5.61. The molecule has 17 heavy (non-hydrogen) atoms. The maximum absolute atomic E-state index is 11.2. The van der Waals surface area contributed by atoms with Crippen molar-refractivity contribution >= 4 is 11.7 Å². The number of nitrogens with zero attached hydrogens (tertiary/aromatic N) is 4. The summed E-state index contributed by atoms with van der Waals surface area (Å²) in [7, 11) is 0. The molecule has 2 aromatic heterocycles. The Kier molecular flexibility index (Phi) is 1.95. The molecule has 0 radical (unpaired) electrons. The minimum atomic E-state index is -0.861. The van der Waals surface area contributed by atoms with Gasteiger partial charge in [0.1, 0.15) is 5.41 Å². The van der Waals surface area contributed by atoms with Crippen molar-refractivity contribution in [3.05, 3.63) is 23.8 Å². The zero-order valence-corrected chi connectivity index (χ0v) is 9.42. The van der Waals surface area contributed by atoms with Crippen LogP contribution >= 0.6 is 0 Å². The SMILES string of the molecule is CCc1cnc2nc(C3(C(=O)O)CC3)nn2c1. The highest BCUT2D eigenvalue weighted by Crippen LogP contribution is 2.46. The largest absolute Gasteiger partial charge is 0.480 e. The van der Waals surface area contributed by atoms with E-state index in [1.165, 1.54) is 0 Å². The smallest absolute Gasteiger partial charge is 0.317 e. The van der Waals surface area contributed by atoms with E-state index in [1.807, 2.05) is 13.1 Å². The van der Waals surface area contributed by atoms with Crippen LogP contribution in [-0.2, 0) is 16.6 Å². The van der Waals surface area contributed by atoms with E-state index in [0.29, 0.717) is 24.4 Å². The van der Waals surface area contributed by atoms with Gasteiger partial charge in [0.2, 0.25) is 0 Å². The Balaban J connectivity index is 2.11. The maximum atomic E-state index is 11.2. The van der Waals surface area contributed by atoms with Crippen LogP contribution in [0, 0.1) is 0 Å². The Morgan fingerprint density at radius 3 is 2.94 bits per heavy atom. The number of fused-ring (bicyclic) bond motifs is 1. The van der Waals surface area contributed by atoms with E-state index < -0.39 is 11.4 Å². The number of aromatic nitrogens is 4. The molecular weight excluding hydrogens is 220 g/mol. The Morgan fingerprint density at radius 1 is 1.59 bits per heavy atom. The zero-order valence-electron chi connectivity index (χ0n) is 9.42. The highest BCUT2D eigenvalue weighted by molar-refractivity contribution is 5.83. The van der Waals surface area contributed by atoms with Crippen molar-refractivity contribution in [2.75, 3.05) is 0 Å². The van der Waals surface area contributed by atoms with Crippen LogP contribution in [0.25, 0.3) is 5.78 Å². The average Bonchev–Trinajstić information content (AvgIpc) is 3.03. The highest BCUT2D eigenvalue weighted by atomic mass is 16.4. The van der Waals surface area contributed by atoms with Gasteiger partial charge in [0.15, 0.2) is 5.82 Å². The predicted octanol–water partition coefficient (Wildman–Crippen LogP) is 0.803. The van der Waals surface area contributed by atoms with E-state index in [-0.39, 0.29) is 0 Å². The average molecular weight is 232 g/mol. The fraction of sp³-hybridized carbons (Fsp3) is 0.455. The molecule has 0 spiro atoms.